The van der Waals surface area contributed by atoms with Gasteiger partial charge < -0.3 is 11.1 Å². The quantitative estimate of drug-likeness (QED) is 0.829. The van der Waals surface area contributed by atoms with E-state index in [9.17, 15) is 13.6 Å². The Balaban J connectivity index is 2.20. The fraction of sp³-hybridized carbons (Fsp3) is 0. The lowest BCUT2D eigenvalue weighted by atomic mass is 10.2. The van der Waals surface area contributed by atoms with Crippen LogP contribution in [0.2, 0.25) is 0 Å². The Labute approximate surface area is 116 Å². The van der Waals surface area contributed by atoms with Crippen molar-refractivity contribution < 1.29 is 13.6 Å². The highest BCUT2D eigenvalue weighted by atomic mass is 79.9. The van der Waals surface area contributed by atoms with E-state index in [-0.39, 0.29) is 15.7 Å². The van der Waals surface area contributed by atoms with Crippen LogP contribution in [0, 0.1) is 11.6 Å². The molecule has 0 aliphatic heterocycles. The van der Waals surface area contributed by atoms with E-state index in [1.807, 2.05) is 0 Å². The molecule has 0 saturated carbocycles. The van der Waals surface area contributed by atoms with E-state index in [1.165, 1.54) is 30.3 Å². The number of nitrogens with one attached hydrogen (secondary N) is 1. The number of nitrogen functional groups attached to an aromatic ring is 1. The van der Waals surface area contributed by atoms with Crippen LogP contribution in [0.15, 0.2) is 40.9 Å². The first-order valence-corrected chi connectivity index (χ1v) is 6.08. The predicted octanol–water partition coefficient (Wildman–Crippen LogP) is 3.56. The second-order valence-electron chi connectivity index (χ2n) is 3.82. The summed E-state index contributed by atoms with van der Waals surface area (Å²) in [5.41, 5.74) is 5.83. The SMILES string of the molecule is Nc1ccc(C(=O)Nc2ccc(F)c(Br)c2)cc1F. The summed E-state index contributed by atoms with van der Waals surface area (Å²) in [6.07, 6.45) is 0. The standard InChI is InChI=1S/C13H9BrF2N2O/c14-9-6-8(2-3-10(9)15)18-13(19)7-1-4-12(17)11(16)5-7/h1-6H,17H2,(H,18,19). The molecule has 0 aromatic heterocycles. The van der Waals surface area contributed by atoms with Gasteiger partial charge in [-0.05, 0) is 52.3 Å². The van der Waals surface area contributed by atoms with Gasteiger partial charge in [-0.15, -0.1) is 0 Å². The monoisotopic (exact) mass is 326 g/mol. The molecule has 0 atom stereocenters. The van der Waals surface area contributed by atoms with Crippen molar-refractivity contribution in [1.82, 2.24) is 0 Å². The predicted molar refractivity (Wildman–Crippen MR) is 72.9 cm³/mol. The molecule has 98 valence electrons. The van der Waals surface area contributed by atoms with Gasteiger partial charge in [0.15, 0.2) is 0 Å². The van der Waals surface area contributed by atoms with Gasteiger partial charge in [0.2, 0.25) is 0 Å². The summed E-state index contributed by atoms with van der Waals surface area (Å²) in [6, 6.07) is 7.80. The summed E-state index contributed by atoms with van der Waals surface area (Å²) in [7, 11) is 0. The van der Waals surface area contributed by atoms with E-state index in [4.69, 9.17) is 5.73 Å². The van der Waals surface area contributed by atoms with Crippen LogP contribution in [0.25, 0.3) is 0 Å². The summed E-state index contributed by atoms with van der Waals surface area (Å²) in [5, 5.41) is 2.53. The van der Waals surface area contributed by atoms with Gasteiger partial charge in [0.1, 0.15) is 11.6 Å². The van der Waals surface area contributed by atoms with Crippen LogP contribution in [0.4, 0.5) is 20.2 Å². The molecule has 0 unspecified atom stereocenters. The molecule has 0 aliphatic rings. The van der Waals surface area contributed by atoms with Gasteiger partial charge in [-0.3, -0.25) is 4.79 Å². The van der Waals surface area contributed by atoms with Crippen LogP contribution in [-0.4, -0.2) is 5.91 Å². The van der Waals surface area contributed by atoms with E-state index in [2.05, 4.69) is 21.2 Å². The molecule has 0 spiro atoms. The van der Waals surface area contributed by atoms with Crippen molar-refractivity contribution in [2.75, 3.05) is 11.1 Å². The number of carbonyl (C=O) groups is 1. The van der Waals surface area contributed by atoms with Crippen molar-refractivity contribution in [1.29, 1.82) is 0 Å². The van der Waals surface area contributed by atoms with Crippen LogP contribution in [-0.2, 0) is 0 Å². The molecule has 19 heavy (non-hydrogen) atoms. The Morgan fingerprint density at radius 1 is 1.11 bits per heavy atom. The van der Waals surface area contributed by atoms with Crippen molar-refractivity contribution in [2.45, 2.75) is 0 Å². The lowest BCUT2D eigenvalue weighted by molar-refractivity contribution is 0.102. The van der Waals surface area contributed by atoms with Gasteiger partial charge in [-0.2, -0.15) is 0 Å². The minimum atomic E-state index is -0.659. The zero-order valence-corrected chi connectivity index (χ0v) is 11.2. The first-order chi connectivity index (χ1) is 8.97. The average molecular weight is 327 g/mol. The number of nitrogens with two attached hydrogens (primary N) is 1. The van der Waals surface area contributed by atoms with E-state index in [1.54, 1.807) is 0 Å². The van der Waals surface area contributed by atoms with Gasteiger partial charge in [0, 0.05) is 11.3 Å². The molecule has 0 heterocycles. The Kier molecular flexibility index (Phi) is 3.80. The van der Waals surface area contributed by atoms with Crippen LogP contribution >= 0.6 is 15.9 Å². The van der Waals surface area contributed by atoms with Crippen molar-refractivity contribution in [3.63, 3.8) is 0 Å². The van der Waals surface area contributed by atoms with Gasteiger partial charge in [0.25, 0.3) is 5.91 Å². The van der Waals surface area contributed by atoms with Crippen LogP contribution in [0.3, 0.4) is 0 Å². The molecular formula is C13H9BrF2N2O. The highest BCUT2D eigenvalue weighted by molar-refractivity contribution is 9.10. The van der Waals surface area contributed by atoms with Crippen LogP contribution in [0.1, 0.15) is 10.4 Å². The molecule has 0 radical (unpaired) electrons. The summed E-state index contributed by atoms with van der Waals surface area (Å²) >= 11 is 3.01. The lowest BCUT2D eigenvalue weighted by Crippen LogP contribution is -2.12. The molecule has 3 N–H and O–H groups in total. The fourth-order valence-electron chi connectivity index (χ4n) is 1.45. The van der Waals surface area contributed by atoms with E-state index in [0.29, 0.717) is 5.69 Å². The molecule has 2 aromatic rings. The van der Waals surface area contributed by atoms with Gasteiger partial charge in [-0.25, -0.2) is 8.78 Å². The number of anilines is 2. The van der Waals surface area contributed by atoms with Crippen molar-refractivity contribution in [3.8, 4) is 0 Å². The Bertz CT molecular complexity index is 647. The Morgan fingerprint density at radius 2 is 1.84 bits per heavy atom. The molecule has 6 heteroatoms. The molecule has 2 rings (SSSR count). The lowest BCUT2D eigenvalue weighted by Gasteiger charge is -2.07. The Morgan fingerprint density at radius 3 is 2.47 bits per heavy atom. The minimum absolute atomic E-state index is 0.0268. The second-order valence-corrected chi connectivity index (χ2v) is 4.67. The molecular weight excluding hydrogens is 318 g/mol. The fourth-order valence-corrected chi connectivity index (χ4v) is 1.82. The second kappa shape index (κ2) is 5.36. The summed E-state index contributed by atoms with van der Waals surface area (Å²) in [6.45, 7) is 0. The highest BCUT2D eigenvalue weighted by Crippen LogP contribution is 2.21. The van der Waals surface area contributed by atoms with E-state index >= 15 is 0 Å². The maximum absolute atomic E-state index is 13.2. The van der Waals surface area contributed by atoms with Crippen molar-refractivity contribution in [2.24, 2.45) is 0 Å². The molecule has 0 fully saturated rings. The smallest absolute Gasteiger partial charge is 0.255 e. The van der Waals surface area contributed by atoms with E-state index < -0.39 is 17.5 Å². The summed E-state index contributed by atoms with van der Waals surface area (Å²) in [5.74, 6) is -1.60. The number of amides is 1. The Hall–Kier alpha value is -1.95. The number of rotatable bonds is 2. The molecule has 1 amide bonds. The number of benzene rings is 2. The first kappa shape index (κ1) is 13.5. The largest absolute Gasteiger partial charge is 0.396 e. The summed E-state index contributed by atoms with van der Waals surface area (Å²) < 4.78 is 26.5. The van der Waals surface area contributed by atoms with Crippen LogP contribution < -0.4 is 11.1 Å². The van der Waals surface area contributed by atoms with E-state index in [0.717, 1.165) is 6.07 Å². The normalized spacial score (nSPS) is 10.3. The zero-order valence-electron chi connectivity index (χ0n) is 9.58. The van der Waals surface area contributed by atoms with Gasteiger partial charge >= 0.3 is 0 Å². The number of hydrogen-bond donors (Lipinski definition) is 2. The average Bonchev–Trinajstić information content (AvgIpc) is 2.37. The van der Waals surface area contributed by atoms with Crippen LogP contribution in [0.5, 0.6) is 0 Å². The minimum Gasteiger partial charge on any atom is -0.396 e. The topological polar surface area (TPSA) is 55.1 Å². The number of carbonyl (C=O) groups excluding carboxylic acids is 1. The maximum atomic E-state index is 13.2. The molecule has 3 nitrogen and oxygen atoms in total. The molecule has 0 aliphatic carbocycles. The molecule has 0 saturated heterocycles. The number of halogens is 3. The maximum Gasteiger partial charge on any atom is 0.255 e. The highest BCUT2D eigenvalue weighted by Gasteiger charge is 2.09. The van der Waals surface area contributed by atoms with Crippen molar-refractivity contribution >= 4 is 33.2 Å². The number of hydrogen-bond acceptors (Lipinski definition) is 2. The first-order valence-electron chi connectivity index (χ1n) is 5.29. The summed E-state index contributed by atoms with van der Waals surface area (Å²) in [4.78, 5) is 11.8. The van der Waals surface area contributed by atoms with Gasteiger partial charge in [-0.1, -0.05) is 0 Å². The third kappa shape index (κ3) is 3.08. The third-order valence-electron chi connectivity index (χ3n) is 2.44. The van der Waals surface area contributed by atoms with Gasteiger partial charge in [0.05, 0.1) is 10.2 Å². The molecule has 0 bridgehead atoms. The molecule has 2 aromatic carbocycles. The van der Waals surface area contributed by atoms with Crippen molar-refractivity contribution in [3.05, 3.63) is 58.1 Å². The third-order valence-corrected chi connectivity index (χ3v) is 3.05. The zero-order chi connectivity index (χ0) is 14.0.